The van der Waals surface area contributed by atoms with Gasteiger partial charge < -0.3 is 10.1 Å². The lowest BCUT2D eigenvalue weighted by molar-refractivity contribution is -0.147. The van der Waals surface area contributed by atoms with Crippen LogP contribution in [0.2, 0.25) is 0 Å². The molecule has 4 saturated carbocycles. The van der Waals surface area contributed by atoms with Crippen molar-refractivity contribution in [3.05, 3.63) is 35.9 Å². The van der Waals surface area contributed by atoms with Crippen LogP contribution in [0.4, 0.5) is 0 Å². The summed E-state index contributed by atoms with van der Waals surface area (Å²) in [5, 5.41) is 2.98. The summed E-state index contributed by atoms with van der Waals surface area (Å²) in [5.41, 5.74) is 1.79. The van der Waals surface area contributed by atoms with E-state index in [9.17, 15) is 9.59 Å². The molecule has 0 aliphatic heterocycles. The second-order valence-electron chi connectivity index (χ2n) is 10.1. The van der Waals surface area contributed by atoms with Crippen molar-refractivity contribution in [2.45, 2.75) is 70.3 Å². The SMILES string of the molecule is COC(=O)[C@H](NC(=O)CC12C[C@H]3C[C@@H](C1)CC(c1ccccc1)(C3)C2)C(C)C. The van der Waals surface area contributed by atoms with E-state index in [0.717, 1.165) is 31.1 Å². The fourth-order valence-electron chi connectivity index (χ4n) is 6.98. The van der Waals surface area contributed by atoms with Gasteiger partial charge in [0.2, 0.25) is 5.91 Å². The molecule has 0 saturated heterocycles. The van der Waals surface area contributed by atoms with Crippen LogP contribution in [0.25, 0.3) is 0 Å². The number of rotatable bonds is 6. The summed E-state index contributed by atoms with van der Waals surface area (Å²) in [6, 6.07) is 10.4. The van der Waals surface area contributed by atoms with Gasteiger partial charge in [0, 0.05) is 6.42 Å². The van der Waals surface area contributed by atoms with Gasteiger partial charge in [0.05, 0.1) is 7.11 Å². The van der Waals surface area contributed by atoms with Crippen LogP contribution in [0, 0.1) is 23.2 Å². The van der Waals surface area contributed by atoms with Gasteiger partial charge in [0.15, 0.2) is 0 Å². The monoisotopic (exact) mass is 383 g/mol. The minimum atomic E-state index is -0.561. The Hall–Kier alpha value is -1.84. The Labute approximate surface area is 168 Å². The summed E-state index contributed by atoms with van der Waals surface area (Å²) < 4.78 is 4.89. The summed E-state index contributed by atoms with van der Waals surface area (Å²) in [7, 11) is 1.38. The molecule has 5 atom stereocenters. The quantitative estimate of drug-likeness (QED) is 0.748. The summed E-state index contributed by atoms with van der Waals surface area (Å²) >= 11 is 0. The van der Waals surface area contributed by atoms with E-state index in [4.69, 9.17) is 4.74 Å². The molecule has 4 bridgehead atoms. The first-order valence-corrected chi connectivity index (χ1v) is 10.8. The van der Waals surface area contributed by atoms with Crippen molar-refractivity contribution in [1.82, 2.24) is 5.32 Å². The molecule has 152 valence electrons. The zero-order chi connectivity index (χ0) is 19.9. The van der Waals surface area contributed by atoms with E-state index >= 15 is 0 Å². The van der Waals surface area contributed by atoms with Crippen LogP contribution in [0.5, 0.6) is 0 Å². The fraction of sp³-hybridized carbons (Fsp3) is 0.667. The molecule has 0 radical (unpaired) electrons. The van der Waals surface area contributed by atoms with Gasteiger partial charge in [-0.15, -0.1) is 0 Å². The van der Waals surface area contributed by atoms with Crippen LogP contribution in [0.1, 0.15) is 64.4 Å². The minimum absolute atomic E-state index is 0.00858. The number of esters is 1. The minimum Gasteiger partial charge on any atom is -0.467 e. The molecule has 1 aromatic rings. The molecule has 4 heteroatoms. The zero-order valence-electron chi connectivity index (χ0n) is 17.4. The molecule has 0 aromatic heterocycles. The lowest BCUT2D eigenvalue weighted by Gasteiger charge is -2.62. The van der Waals surface area contributed by atoms with Gasteiger partial charge in [-0.2, -0.15) is 0 Å². The Kier molecular flexibility index (Phi) is 5.01. The Morgan fingerprint density at radius 1 is 1.11 bits per heavy atom. The van der Waals surface area contributed by atoms with Crippen molar-refractivity contribution in [2.24, 2.45) is 23.2 Å². The number of nitrogens with one attached hydrogen (secondary N) is 1. The summed E-state index contributed by atoms with van der Waals surface area (Å²) in [4.78, 5) is 25.0. The molecule has 1 N–H and O–H groups in total. The van der Waals surface area contributed by atoms with Gasteiger partial charge in [-0.05, 0) is 72.7 Å². The fourth-order valence-corrected chi connectivity index (χ4v) is 6.98. The summed E-state index contributed by atoms with van der Waals surface area (Å²) in [6.07, 6.45) is 7.84. The number of methoxy groups -OCH3 is 1. The number of benzene rings is 1. The van der Waals surface area contributed by atoms with Crippen LogP contribution in [-0.4, -0.2) is 25.0 Å². The highest BCUT2D eigenvalue weighted by atomic mass is 16.5. The zero-order valence-corrected chi connectivity index (χ0v) is 17.4. The first-order chi connectivity index (χ1) is 13.3. The maximum absolute atomic E-state index is 13.0. The van der Waals surface area contributed by atoms with Crippen LogP contribution in [0.15, 0.2) is 30.3 Å². The Balaban J connectivity index is 1.53. The molecular formula is C24H33NO3. The van der Waals surface area contributed by atoms with Gasteiger partial charge in [-0.25, -0.2) is 4.79 Å². The Morgan fingerprint density at radius 2 is 1.75 bits per heavy atom. The lowest BCUT2D eigenvalue weighted by atomic mass is 9.42. The Bertz CT molecular complexity index is 727. The highest BCUT2D eigenvalue weighted by Gasteiger charge is 2.58. The number of carbonyl (C=O) groups excluding carboxylic acids is 2. The first kappa shape index (κ1) is 19.5. The van der Waals surface area contributed by atoms with Crippen molar-refractivity contribution in [1.29, 1.82) is 0 Å². The third-order valence-electron chi connectivity index (χ3n) is 7.54. The van der Waals surface area contributed by atoms with Gasteiger partial charge in [0.1, 0.15) is 6.04 Å². The summed E-state index contributed by atoms with van der Waals surface area (Å²) in [6.45, 7) is 3.88. The number of ether oxygens (including phenoxy) is 1. The number of hydrogen-bond donors (Lipinski definition) is 1. The van der Waals surface area contributed by atoms with E-state index in [1.807, 2.05) is 13.8 Å². The van der Waals surface area contributed by atoms with E-state index in [1.165, 1.54) is 31.9 Å². The van der Waals surface area contributed by atoms with E-state index < -0.39 is 6.04 Å². The van der Waals surface area contributed by atoms with Crippen molar-refractivity contribution in [3.63, 3.8) is 0 Å². The van der Waals surface area contributed by atoms with Crippen LogP contribution in [-0.2, 0) is 19.7 Å². The second-order valence-corrected chi connectivity index (χ2v) is 10.1. The second kappa shape index (κ2) is 7.20. The van der Waals surface area contributed by atoms with Crippen molar-refractivity contribution < 1.29 is 14.3 Å². The highest BCUT2D eigenvalue weighted by Crippen LogP contribution is 2.66. The summed E-state index contributed by atoms with van der Waals surface area (Å²) in [5.74, 6) is 1.14. The highest BCUT2D eigenvalue weighted by molar-refractivity contribution is 5.85. The molecular weight excluding hydrogens is 350 g/mol. The van der Waals surface area contributed by atoms with Crippen LogP contribution >= 0.6 is 0 Å². The molecule has 4 aliphatic rings. The third-order valence-corrected chi connectivity index (χ3v) is 7.54. The van der Waals surface area contributed by atoms with Gasteiger partial charge >= 0.3 is 5.97 Å². The first-order valence-electron chi connectivity index (χ1n) is 10.8. The average Bonchev–Trinajstić information content (AvgIpc) is 2.64. The average molecular weight is 384 g/mol. The van der Waals surface area contributed by atoms with Crippen molar-refractivity contribution in [2.75, 3.05) is 7.11 Å². The smallest absolute Gasteiger partial charge is 0.328 e. The molecule has 28 heavy (non-hydrogen) atoms. The maximum atomic E-state index is 13.0. The topological polar surface area (TPSA) is 55.4 Å². The molecule has 4 nitrogen and oxygen atoms in total. The number of hydrogen-bond acceptors (Lipinski definition) is 3. The standard InChI is InChI=1S/C24H33NO3/c1-16(2)21(22(27)28-3)25-20(26)14-23-10-17-9-18(11-23)13-24(12-17,15-23)19-7-5-4-6-8-19/h4-8,16-18,21H,9-15H2,1-3H3,(H,25,26)/t17-,18+,21-,23?,24?/m1/s1. The largest absolute Gasteiger partial charge is 0.467 e. The van der Waals surface area contributed by atoms with Crippen LogP contribution < -0.4 is 5.32 Å². The third kappa shape index (κ3) is 3.46. The normalized spacial score (nSPS) is 34.3. The molecule has 0 heterocycles. The Morgan fingerprint density at radius 3 is 2.32 bits per heavy atom. The van der Waals surface area contributed by atoms with Crippen molar-refractivity contribution >= 4 is 11.9 Å². The van der Waals surface area contributed by atoms with Gasteiger partial charge in [-0.1, -0.05) is 44.2 Å². The van der Waals surface area contributed by atoms with E-state index in [2.05, 4.69) is 35.6 Å². The number of amides is 1. The molecule has 1 aromatic carbocycles. The molecule has 4 aliphatic carbocycles. The molecule has 5 rings (SSSR count). The molecule has 1 amide bonds. The van der Waals surface area contributed by atoms with Gasteiger partial charge in [-0.3, -0.25) is 4.79 Å². The predicted molar refractivity (Wildman–Crippen MR) is 109 cm³/mol. The molecule has 2 unspecified atom stereocenters. The number of carbonyl (C=O) groups is 2. The van der Waals surface area contributed by atoms with E-state index in [1.54, 1.807) is 0 Å². The maximum Gasteiger partial charge on any atom is 0.328 e. The predicted octanol–water partition coefficient (Wildman–Crippen LogP) is 4.23. The molecule has 0 spiro atoms. The lowest BCUT2D eigenvalue weighted by Crippen LogP contribution is -2.56. The van der Waals surface area contributed by atoms with Gasteiger partial charge in [0.25, 0.3) is 0 Å². The van der Waals surface area contributed by atoms with E-state index in [0.29, 0.717) is 6.42 Å². The van der Waals surface area contributed by atoms with Crippen LogP contribution in [0.3, 0.4) is 0 Å². The molecule has 4 fully saturated rings. The van der Waals surface area contributed by atoms with E-state index in [-0.39, 0.29) is 28.6 Å². The van der Waals surface area contributed by atoms with Crippen molar-refractivity contribution in [3.8, 4) is 0 Å².